The fourth-order valence-electron chi connectivity index (χ4n) is 3.54. The summed E-state index contributed by atoms with van der Waals surface area (Å²) in [6, 6.07) is 25.1. The van der Waals surface area contributed by atoms with Gasteiger partial charge in [0.15, 0.2) is 0 Å². The van der Waals surface area contributed by atoms with Gasteiger partial charge < -0.3 is 5.73 Å². The van der Waals surface area contributed by atoms with Crippen LogP contribution in [0.1, 0.15) is 24.2 Å². The highest BCUT2D eigenvalue weighted by Gasteiger charge is 2.10. The Bertz CT molecular complexity index is 979. The molecule has 4 heteroatoms. The number of rotatable bonds is 8. The van der Waals surface area contributed by atoms with Crippen LogP contribution in [0.3, 0.4) is 0 Å². The van der Waals surface area contributed by atoms with E-state index in [1.165, 1.54) is 10.8 Å². The summed E-state index contributed by atoms with van der Waals surface area (Å²) in [5, 5.41) is 2.36. The molecule has 2 heterocycles. The smallest absolute Gasteiger partial charge is 0.0705 e. The van der Waals surface area contributed by atoms with Crippen molar-refractivity contribution in [1.82, 2.24) is 14.9 Å². The normalized spacial score (nSPS) is 11.5. The molecule has 0 fully saturated rings. The van der Waals surface area contributed by atoms with E-state index in [0.29, 0.717) is 0 Å². The zero-order valence-electron chi connectivity index (χ0n) is 16.1. The molecule has 142 valence electrons. The standard InChI is InChI=1S/C24H26N4/c25-15-5-6-16-28(17-21-13-11-19-7-1-3-9-23(19)26-21)18-22-14-12-20-8-2-4-10-24(20)27-22/h1-4,7-14H,5-6,15-18,25H2. The first-order valence-corrected chi connectivity index (χ1v) is 9.93. The Morgan fingerprint density at radius 3 is 1.71 bits per heavy atom. The van der Waals surface area contributed by atoms with Gasteiger partial charge in [0.25, 0.3) is 0 Å². The van der Waals surface area contributed by atoms with Crippen molar-refractivity contribution in [3.8, 4) is 0 Å². The van der Waals surface area contributed by atoms with Crippen molar-refractivity contribution < 1.29 is 0 Å². The summed E-state index contributed by atoms with van der Waals surface area (Å²) in [5.41, 5.74) is 9.98. The van der Waals surface area contributed by atoms with E-state index >= 15 is 0 Å². The highest BCUT2D eigenvalue weighted by atomic mass is 15.1. The first-order chi connectivity index (χ1) is 13.8. The fraction of sp³-hybridized carbons (Fsp3) is 0.250. The largest absolute Gasteiger partial charge is 0.330 e. The van der Waals surface area contributed by atoms with E-state index in [1.54, 1.807) is 0 Å². The molecule has 0 saturated carbocycles. The van der Waals surface area contributed by atoms with Gasteiger partial charge in [-0.3, -0.25) is 14.9 Å². The van der Waals surface area contributed by atoms with E-state index in [1.807, 2.05) is 24.3 Å². The first-order valence-electron chi connectivity index (χ1n) is 9.93. The average Bonchev–Trinajstić information content (AvgIpc) is 2.74. The number of pyridine rings is 2. The first kappa shape index (κ1) is 18.5. The molecule has 0 radical (unpaired) electrons. The lowest BCUT2D eigenvalue weighted by Gasteiger charge is -2.22. The lowest BCUT2D eigenvalue weighted by molar-refractivity contribution is 0.246. The molecule has 0 bridgehead atoms. The van der Waals surface area contributed by atoms with Crippen LogP contribution < -0.4 is 5.73 Å². The number of hydrogen-bond donors (Lipinski definition) is 1. The summed E-state index contributed by atoms with van der Waals surface area (Å²) in [4.78, 5) is 12.1. The summed E-state index contributed by atoms with van der Waals surface area (Å²) in [7, 11) is 0. The molecule has 0 aliphatic carbocycles. The number of nitrogens with two attached hydrogens (primary N) is 1. The van der Waals surface area contributed by atoms with Crippen LogP contribution in [0.5, 0.6) is 0 Å². The number of aromatic nitrogens is 2. The maximum absolute atomic E-state index is 5.70. The highest BCUT2D eigenvalue weighted by Crippen LogP contribution is 2.16. The Hall–Kier alpha value is -2.82. The van der Waals surface area contributed by atoms with Crippen molar-refractivity contribution >= 4 is 21.8 Å². The van der Waals surface area contributed by atoms with Crippen LogP contribution >= 0.6 is 0 Å². The summed E-state index contributed by atoms with van der Waals surface area (Å²) in [6.45, 7) is 3.34. The Morgan fingerprint density at radius 2 is 1.18 bits per heavy atom. The maximum Gasteiger partial charge on any atom is 0.0705 e. The van der Waals surface area contributed by atoms with Gasteiger partial charge in [0.1, 0.15) is 0 Å². The van der Waals surface area contributed by atoms with Gasteiger partial charge in [-0.25, -0.2) is 0 Å². The molecule has 2 aromatic carbocycles. The summed E-state index contributed by atoms with van der Waals surface area (Å²) in [6.07, 6.45) is 2.12. The summed E-state index contributed by atoms with van der Waals surface area (Å²) in [5.74, 6) is 0. The Morgan fingerprint density at radius 1 is 0.643 bits per heavy atom. The Labute approximate surface area is 166 Å². The molecular weight excluding hydrogens is 344 g/mol. The van der Waals surface area contributed by atoms with Crippen molar-refractivity contribution in [2.24, 2.45) is 5.73 Å². The molecule has 4 nitrogen and oxygen atoms in total. The van der Waals surface area contributed by atoms with E-state index in [-0.39, 0.29) is 0 Å². The number of benzene rings is 2. The SMILES string of the molecule is NCCCCN(Cc1ccc2ccccc2n1)Cc1ccc2ccccc2n1. The third-order valence-electron chi connectivity index (χ3n) is 5.01. The highest BCUT2D eigenvalue weighted by molar-refractivity contribution is 5.79. The molecule has 0 amide bonds. The second-order valence-corrected chi connectivity index (χ2v) is 7.20. The Balaban J connectivity index is 1.54. The van der Waals surface area contributed by atoms with Gasteiger partial charge in [-0.2, -0.15) is 0 Å². The van der Waals surface area contributed by atoms with Gasteiger partial charge in [-0.1, -0.05) is 48.5 Å². The predicted octanol–water partition coefficient (Wildman–Crippen LogP) is 4.52. The zero-order valence-corrected chi connectivity index (χ0v) is 16.1. The molecule has 28 heavy (non-hydrogen) atoms. The fourth-order valence-corrected chi connectivity index (χ4v) is 3.54. The quantitative estimate of drug-likeness (QED) is 0.463. The van der Waals surface area contributed by atoms with Gasteiger partial charge in [0.2, 0.25) is 0 Å². The molecule has 4 aromatic rings. The number of nitrogens with zero attached hydrogens (tertiary/aromatic N) is 3. The molecule has 2 aromatic heterocycles. The molecule has 0 saturated heterocycles. The summed E-state index contributed by atoms with van der Waals surface area (Å²) < 4.78 is 0. The van der Waals surface area contributed by atoms with Crippen LogP contribution in [-0.2, 0) is 13.1 Å². The van der Waals surface area contributed by atoms with E-state index < -0.39 is 0 Å². The summed E-state index contributed by atoms with van der Waals surface area (Å²) >= 11 is 0. The third kappa shape index (κ3) is 4.53. The molecular formula is C24H26N4. The van der Waals surface area contributed by atoms with Crippen LogP contribution in [0.15, 0.2) is 72.8 Å². The van der Waals surface area contributed by atoms with E-state index in [9.17, 15) is 0 Å². The molecule has 0 spiro atoms. The van der Waals surface area contributed by atoms with E-state index in [0.717, 1.165) is 61.4 Å². The van der Waals surface area contributed by atoms with Crippen molar-refractivity contribution in [1.29, 1.82) is 0 Å². The van der Waals surface area contributed by atoms with Crippen molar-refractivity contribution in [2.75, 3.05) is 13.1 Å². The number of fused-ring (bicyclic) bond motifs is 2. The molecule has 2 N–H and O–H groups in total. The second-order valence-electron chi connectivity index (χ2n) is 7.20. The lowest BCUT2D eigenvalue weighted by atomic mass is 10.1. The van der Waals surface area contributed by atoms with Gasteiger partial charge in [-0.05, 0) is 50.2 Å². The molecule has 0 unspecified atom stereocenters. The van der Waals surface area contributed by atoms with Crippen LogP contribution in [0.4, 0.5) is 0 Å². The van der Waals surface area contributed by atoms with E-state index in [2.05, 4.69) is 53.4 Å². The predicted molar refractivity (Wildman–Crippen MR) is 116 cm³/mol. The average molecular weight is 371 g/mol. The lowest BCUT2D eigenvalue weighted by Crippen LogP contribution is -2.25. The van der Waals surface area contributed by atoms with Crippen molar-refractivity contribution in [2.45, 2.75) is 25.9 Å². The van der Waals surface area contributed by atoms with Gasteiger partial charge >= 0.3 is 0 Å². The topological polar surface area (TPSA) is 55.0 Å². The van der Waals surface area contributed by atoms with Gasteiger partial charge in [-0.15, -0.1) is 0 Å². The Kier molecular flexibility index (Phi) is 5.90. The van der Waals surface area contributed by atoms with Crippen LogP contribution in [0, 0.1) is 0 Å². The van der Waals surface area contributed by atoms with Crippen LogP contribution in [-0.4, -0.2) is 28.0 Å². The van der Waals surface area contributed by atoms with Gasteiger partial charge in [0.05, 0.1) is 22.4 Å². The minimum absolute atomic E-state index is 0.732. The third-order valence-corrected chi connectivity index (χ3v) is 5.01. The van der Waals surface area contributed by atoms with E-state index in [4.69, 9.17) is 15.7 Å². The zero-order chi connectivity index (χ0) is 19.2. The number of unbranched alkanes of at least 4 members (excludes halogenated alkanes) is 1. The number of hydrogen-bond acceptors (Lipinski definition) is 4. The second kappa shape index (κ2) is 8.91. The van der Waals surface area contributed by atoms with Crippen molar-refractivity contribution in [3.05, 3.63) is 84.2 Å². The van der Waals surface area contributed by atoms with Crippen LogP contribution in [0.2, 0.25) is 0 Å². The molecule has 0 atom stereocenters. The maximum atomic E-state index is 5.70. The number of para-hydroxylation sites is 2. The molecule has 0 aliphatic rings. The molecule has 4 rings (SSSR count). The molecule has 0 aliphatic heterocycles. The van der Waals surface area contributed by atoms with Crippen LogP contribution in [0.25, 0.3) is 21.8 Å². The van der Waals surface area contributed by atoms with Gasteiger partial charge in [0, 0.05) is 23.9 Å². The minimum Gasteiger partial charge on any atom is -0.330 e. The minimum atomic E-state index is 0.732. The monoisotopic (exact) mass is 370 g/mol. The van der Waals surface area contributed by atoms with Crippen molar-refractivity contribution in [3.63, 3.8) is 0 Å².